The Labute approximate surface area is 109 Å². The first kappa shape index (κ1) is 13.4. The van der Waals surface area contributed by atoms with E-state index in [4.69, 9.17) is 9.47 Å². The van der Waals surface area contributed by atoms with Crippen LogP contribution in [-0.2, 0) is 4.74 Å². The third-order valence-electron chi connectivity index (χ3n) is 3.21. The lowest BCUT2D eigenvalue weighted by Crippen LogP contribution is -2.44. The number of hydrogen-bond acceptors (Lipinski definition) is 4. The van der Waals surface area contributed by atoms with E-state index < -0.39 is 0 Å². The molecule has 0 aliphatic carbocycles. The number of rotatable bonds is 5. The van der Waals surface area contributed by atoms with Gasteiger partial charge in [-0.05, 0) is 20.4 Å². The molecule has 5 nitrogen and oxygen atoms in total. The fraction of sp³-hybridized carbons (Fsp3) is 0.769. The van der Waals surface area contributed by atoms with E-state index in [0.29, 0.717) is 12.6 Å². The van der Waals surface area contributed by atoms with Crippen molar-refractivity contribution in [2.24, 2.45) is 0 Å². The maximum Gasteiger partial charge on any atom is 0.157 e. The van der Waals surface area contributed by atoms with Crippen LogP contribution in [0.5, 0.6) is 5.75 Å². The molecule has 0 N–H and O–H groups in total. The van der Waals surface area contributed by atoms with Crippen LogP contribution in [0.25, 0.3) is 0 Å². The zero-order valence-electron chi connectivity index (χ0n) is 11.5. The number of ether oxygens (including phenoxy) is 2. The molecule has 0 amide bonds. The van der Waals surface area contributed by atoms with Gasteiger partial charge in [0.2, 0.25) is 0 Å². The van der Waals surface area contributed by atoms with E-state index >= 15 is 0 Å². The number of morpholine rings is 1. The highest BCUT2D eigenvalue weighted by Gasteiger charge is 2.19. The van der Waals surface area contributed by atoms with Crippen LogP contribution in [0.15, 0.2) is 12.4 Å². The second-order valence-corrected chi connectivity index (χ2v) is 4.95. The predicted octanol–water partition coefficient (Wildman–Crippen LogP) is 1.56. The van der Waals surface area contributed by atoms with Crippen molar-refractivity contribution in [2.75, 3.05) is 32.8 Å². The zero-order valence-corrected chi connectivity index (χ0v) is 11.5. The maximum atomic E-state index is 5.73. The molecule has 0 bridgehead atoms. The second-order valence-electron chi connectivity index (χ2n) is 4.95. The van der Waals surface area contributed by atoms with Gasteiger partial charge in [0.25, 0.3) is 0 Å². The third kappa shape index (κ3) is 3.46. The summed E-state index contributed by atoms with van der Waals surface area (Å²) >= 11 is 0. The zero-order chi connectivity index (χ0) is 13.0. The largest absolute Gasteiger partial charge is 0.488 e. The highest BCUT2D eigenvalue weighted by molar-refractivity contribution is 5.12. The summed E-state index contributed by atoms with van der Waals surface area (Å²) in [4.78, 5) is 2.38. The first-order chi connectivity index (χ1) is 8.69. The van der Waals surface area contributed by atoms with E-state index in [1.54, 1.807) is 6.20 Å². The van der Waals surface area contributed by atoms with Gasteiger partial charge in [-0.15, -0.1) is 0 Å². The number of nitrogens with zero attached hydrogens (tertiary/aromatic N) is 3. The summed E-state index contributed by atoms with van der Waals surface area (Å²) < 4.78 is 13.3. The van der Waals surface area contributed by atoms with Gasteiger partial charge in [0.1, 0.15) is 12.7 Å². The summed E-state index contributed by atoms with van der Waals surface area (Å²) in [5.41, 5.74) is 0. The van der Waals surface area contributed by atoms with Crippen molar-refractivity contribution >= 4 is 0 Å². The first-order valence-corrected chi connectivity index (χ1v) is 6.70. The number of likely N-dealkylation sites (N-methyl/N-ethyl adjacent to an activating group) is 1. The SMILES string of the molecule is CCN1CCOC(COc2cnn(C(C)C)c2)C1. The van der Waals surface area contributed by atoms with E-state index in [-0.39, 0.29) is 6.10 Å². The van der Waals surface area contributed by atoms with Gasteiger partial charge < -0.3 is 9.47 Å². The molecule has 0 spiro atoms. The van der Waals surface area contributed by atoms with Gasteiger partial charge in [0, 0.05) is 19.1 Å². The van der Waals surface area contributed by atoms with E-state index in [9.17, 15) is 0 Å². The second kappa shape index (κ2) is 6.20. The molecule has 5 heteroatoms. The van der Waals surface area contributed by atoms with Gasteiger partial charge in [0.05, 0.1) is 19.0 Å². The van der Waals surface area contributed by atoms with Crippen LogP contribution in [0.1, 0.15) is 26.8 Å². The summed E-state index contributed by atoms with van der Waals surface area (Å²) in [7, 11) is 0. The Morgan fingerprint density at radius 2 is 2.39 bits per heavy atom. The average molecular weight is 253 g/mol. The van der Waals surface area contributed by atoms with Gasteiger partial charge in [-0.1, -0.05) is 6.92 Å². The average Bonchev–Trinajstić information content (AvgIpc) is 2.85. The number of aromatic nitrogens is 2. The molecule has 2 rings (SSSR count). The van der Waals surface area contributed by atoms with Crippen molar-refractivity contribution in [2.45, 2.75) is 32.9 Å². The van der Waals surface area contributed by atoms with Crippen LogP contribution in [0.3, 0.4) is 0 Å². The Balaban J connectivity index is 1.79. The molecule has 0 saturated carbocycles. The molecule has 0 aromatic carbocycles. The molecule has 1 saturated heterocycles. The monoisotopic (exact) mass is 253 g/mol. The van der Waals surface area contributed by atoms with E-state index in [2.05, 4.69) is 30.8 Å². The van der Waals surface area contributed by atoms with Crippen molar-refractivity contribution < 1.29 is 9.47 Å². The molecule has 1 atom stereocenters. The van der Waals surface area contributed by atoms with Crippen molar-refractivity contribution in [3.05, 3.63) is 12.4 Å². The molecule has 1 fully saturated rings. The quantitative estimate of drug-likeness (QED) is 0.798. The van der Waals surface area contributed by atoms with Crippen molar-refractivity contribution in [3.63, 3.8) is 0 Å². The lowest BCUT2D eigenvalue weighted by atomic mass is 10.3. The smallest absolute Gasteiger partial charge is 0.157 e. The van der Waals surface area contributed by atoms with Gasteiger partial charge in [0.15, 0.2) is 5.75 Å². The summed E-state index contributed by atoms with van der Waals surface area (Å²) in [5, 5.41) is 4.25. The van der Waals surface area contributed by atoms with E-state index in [0.717, 1.165) is 32.0 Å². The summed E-state index contributed by atoms with van der Waals surface area (Å²) in [6, 6.07) is 0.365. The first-order valence-electron chi connectivity index (χ1n) is 6.70. The fourth-order valence-corrected chi connectivity index (χ4v) is 2.04. The topological polar surface area (TPSA) is 39.5 Å². The molecular formula is C13H23N3O2. The van der Waals surface area contributed by atoms with Crippen molar-refractivity contribution in [1.29, 1.82) is 0 Å². The molecule has 1 unspecified atom stereocenters. The normalized spacial score (nSPS) is 21.4. The van der Waals surface area contributed by atoms with Crippen LogP contribution in [-0.4, -0.2) is 53.6 Å². The predicted molar refractivity (Wildman–Crippen MR) is 70.0 cm³/mol. The molecule has 1 aromatic heterocycles. The maximum absolute atomic E-state index is 5.73. The lowest BCUT2D eigenvalue weighted by Gasteiger charge is -2.31. The lowest BCUT2D eigenvalue weighted by molar-refractivity contribution is -0.0464. The van der Waals surface area contributed by atoms with Gasteiger partial charge in [-0.25, -0.2) is 0 Å². The van der Waals surface area contributed by atoms with Crippen molar-refractivity contribution in [1.82, 2.24) is 14.7 Å². The molecule has 18 heavy (non-hydrogen) atoms. The van der Waals surface area contributed by atoms with Gasteiger partial charge in [-0.3, -0.25) is 9.58 Å². The summed E-state index contributed by atoms with van der Waals surface area (Å²) in [5.74, 6) is 0.820. The summed E-state index contributed by atoms with van der Waals surface area (Å²) in [6.07, 6.45) is 3.87. The van der Waals surface area contributed by atoms with Crippen LogP contribution in [0.4, 0.5) is 0 Å². The Kier molecular flexibility index (Phi) is 4.60. The number of hydrogen-bond donors (Lipinski definition) is 0. The Bertz CT molecular complexity index is 365. The van der Waals surface area contributed by atoms with Gasteiger partial charge >= 0.3 is 0 Å². The van der Waals surface area contributed by atoms with E-state index in [1.165, 1.54) is 0 Å². The molecule has 2 heterocycles. The van der Waals surface area contributed by atoms with Crippen LogP contribution >= 0.6 is 0 Å². The standard InChI is InChI=1S/C13H23N3O2/c1-4-15-5-6-17-13(8-15)10-18-12-7-14-16(9-12)11(2)3/h7,9,11,13H,4-6,8,10H2,1-3H3. The highest BCUT2D eigenvalue weighted by atomic mass is 16.5. The molecule has 1 aliphatic rings. The fourth-order valence-electron chi connectivity index (χ4n) is 2.04. The Morgan fingerprint density at radius 3 is 3.06 bits per heavy atom. The van der Waals surface area contributed by atoms with E-state index in [1.807, 2.05) is 10.9 Å². The van der Waals surface area contributed by atoms with Crippen LogP contribution < -0.4 is 4.74 Å². The molecular weight excluding hydrogens is 230 g/mol. The minimum atomic E-state index is 0.168. The summed E-state index contributed by atoms with van der Waals surface area (Å²) in [6.45, 7) is 10.8. The van der Waals surface area contributed by atoms with Crippen molar-refractivity contribution in [3.8, 4) is 5.75 Å². The minimum Gasteiger partial charge on any atom is -0.488 e. The minimum absolute atomic E-state index is 0.168. The third-order valence-corrected chi connectivity index (χ3v) is 3.21. The molecule has 1 aliphatic heterocycles. The van der Waals surface area contributed by atoms with Crippen LogP contribution in [0, 0.1) is 0 Å². The molecule has 1 aromatic rings. The Hall–Kier alpha value is -1.07. The Morgan fingerprint density at radius 1 is 1.56 bits per heavy atom. The van der Waals surface area contributed by atoms with Gasteiger partial charge in [-0.2, -0.15) is 5.10 Å². The molecule has 0 radical (unpaired) electrons. The molecule has 102 valence electrons. The highest BCUT2D eigenvalue weighted by Crippen LogP contribution is 2.14. The van der Waals surface area contributed by atoms with Crippen LogP contribution in [0.2, 0.25) is 0 Å².